The number of fused-ring (bicyclic) bond motifs is 1. The van der Waals surface area contributed by atoms with Crippen LogP contribution in [0.3, 0.4) is 0 Å². The van der Waals surface area contributed by atoms with E-state index in [9.17, 15) is 9.59 Å². The van der Waals surface area contributed by atoms with Crippen molar-refractivity contribution < 1.29 is 9.59 Å². The molecule has 0 atom stereocenters. The number of amides is 2. The zero-order valence-electron chi connectivity index (χ0n) is 19.8. The van der Waals surface area contributed by atoms with Crippen molar-refractivity contribution in [3.05, 3.63) is 112 Å². The van der Waals surface area contributed by atoms with Crippen molar-refractivity contribution >= 4 is 39.5 Å². The third kappa shape index (κ3) is 3.57. The molecule has 0 unspecified atom stereocenters. The lowest BCUT2D eigenvalue weighted by molar-refractivity contribution is -0.120. The summed E-state index contributed by atoms with van der Waals surface area (Å²) in [4.78, 5) is 29.1. The number of carbonyl (C=O) groups excluding carboxylic acids is 2. The molecule has 2 amide bonds. The Morgan fingerprint density at radius 3 is 2.18 bits per heavy atom. The van der Waals surface area contributed by atoms with Crippen molar-refractivity contribution in [2.24, 2.45) is 0 Å². The van der Waals surface area contributed by atoms with Crippen molar-refractivity contribution in [1.82, 2.24) is 0 Å². The van der Waals surface area contributed by atoms with Crippen molar-refractivity contribution in [2.45, 2.75) is 27.7 Å². The van der Waals surface area contributed by atoms with Gasteiger partial charge in [0, 0.05) is 11.1 Å². The number of anilines is 2. The number of hydrogen-bond acceptors (Lipinski definition) is 3. The van der Waals surface area contributed by atoms with Gasteiger partial charge in [0.25, 0.3) is 11.8 Å². The molecule has 4 heteroatoms. The summed E-state index contributed by atoms with van der Waals surface area (Å²) >= 11 is 0. The first-order chi connectivity index (χ1) is 16.3. The molecule has 4 nitrogen and oxygen atoms in total. The van der Waals surface area contributed by atoms with Gasteiger partial charge >= 0.3 is 0 Å². The molecule has 0 aliphatic carbocycles. The van der Waals surface area contributed by atoms with Gasteiger partial charge in [-0.15, -0.1) is 0 Å². The van der Waals surface area contributed by atoms with Gasteiger partial charge in [-0.05, 0) is 67.5 Å². The molecule has 4 aromatic rings. The molecule has 1 heterocycles. The Morgan fingerprint density at radius 2 is 1.38 bits per heavy atom. The zero-order chi connectivity index (χ0) is 24.0. The molecule has 4 aromatic carbocycles. The first kappa shape index (κ1) is 21.7. The highest BCUT2D eigenvalue weighted by atomic mass is 16.2. The van der Waals surface area contributed by atoms with Gasteiger partial charge in [-0.1, -0.05) is 72.3 Å². The van der Waals surface area contributed by atoms with Gasteiger partial charge in [0.15, 0.2) is 0 Å². The Morgan fingerprint density at radius 1 is 0.676 bits per heavy atom. The van der Waals surface area contributed by atoms with Crippen LogP contribution in [0.1, 0.15) is 27.8 Å². The SMILES string of the molecule is Cc1ccc(C2=C(Nc3cccc4ccccc34)C(=O)N(c3cc(C)ccc3C)C2=O)c(C)c1. The van der Waals surface area contributed by atoms with Crippen LogP contribution < -0.4 is 10.2 Å². The molecule has 0 spiro atoms. The summed E-state index contributed by atoms with van der Waals surface area (Å²) in [7, 11) is 0. The Labute approximate surface area is 199 Å². The fourth-order valence-corrected chi connectivity index (χ4v) is 4.64. The molecule has 34 heavy (non-hydrogen) atoms. The van der Waals surface area contributed by atoms with E-state index in [1.165, 1.54) is 4.90 Å². The maximum Gasteiger partial charge on any atom is 0.282 e. The lowest BCUT2D eigenvalue weighted by Crippen LogP contribution is -2.33. The summed E-state index contributed by atoms with van der Waals surface area (Å²) in [6.45, 7) is 7.87. The zero-order valence-corrected chi connectivity index (χ0v) is 19.8. The van der Waals surface area contributed by atoms with Crippen LogP contribution in [0.5, 0.6) is 0 Å². The Bertz CT molecular complexity index is 1510. The minimum Gasteiger partial charge on any atom is -0.350 e. The maximum absolute atomic E-state index is 13.9. The number of hydrogen-bond donors (Lipinski definition) is 1. The van der Waals surface area contributed by atoms with E-state index in [-0.39, 0.29) is 11.8 Å². The second kappa shape index (κ2) is 8.31. The van der Waals surface area contributed by atoms with Crippen molar-refractivity contribution in [2.75, 3.05) is 10.2 Å². The highest BCUT2D eigenvalue weighted by Gasteiger charge is 2.41. The lowest BCUT2D eigenvalue weighted by Gasteiger charge is -2.19. The lowest BCUT2D eigenvalue weighted by atomic mass is 9.97. The standard InChI is InChI=1S/C30H26N2O2/c1-18-13-15-23(21(4)16-18)27-28(31-25-11-7-9-22-8-5-6-10-24(22)25)30(34)32(29(27)33)26-17-19(2)12-14-20(26)3/h5-17,31H,1-4H3. The van der Waals surface area contributed by atoms with E-state index < -0.39 is 0 Å². The molecule has 168 valence electrons. The molecule has 5 rings (SSSR count). The molecule has 1 aliphatic heterocycles. The molecule has 1 aliphatic rings. The predicted octanol–water partition coefficient (Wildman–Crippen LogP) is 6.47. The number of nitrogens with zero attached hydrogens (tertiary/aromatic N) is 1. The second-order valence-electron chi connectivity index (χ2n) is 8.96. The summed E-state index contributed by atoms with van der Waals surface area (Å²) in [6.07, 6.45) is 0. The van der Waals surface area contributed by atoms with Gasteiger partial charge in [0.05, 0.1) is 11.3 Å². The van der Waals surface area contributed by atoms with Crippen LogP contribution >= 0.6 is 0 Å². The first-order valence-electron chi connectivity index (χ1n) is 11.4. The first-order valence-corrected chi connectivity index (χ1v) is 11.4. The monoisotopic (exact) mass is 446 g/mol. The Kier molecular flexibility index (Phi) is 5.29. The molecular weight excluding hydrogens is 420 g/mol. The van der Waals surface area contributed by atoms with Gasteiger partial charge < -0.3 is 5.32 Å². The van der Waals surface area contributed by atoms with Crippen LogP contribution in [-0.2, 0) is 9.59 Å². The third-order valence-electron chi connectivity index (χ3n) is 6.39. The Hall–Kier alpha value is -4.18. The van der Waals surface area contributed by atoms with E-state index in [1.807, 2.05) is 107 Å². The molecular formula is C30H26N2O2. The number of nitrogens with one attached hydrogen (secondary N) is 1. The van der Waals surface area contributed by atoms with Crippen molar-refractivity contribution in [3.63, 3.8) is 0 Å². The second-order valence-corrected chi connectivity index (χ2v) is 8.96. The molecule has 0 saturated carbocycles. The normalized spacial score (nSPS) is 13.8. The number of imide groups is 1. The van der Waals surface area contributed by atoms with Crippen LogP contribution in [0, 0.1) is 27.7 Å². The number of benzene rings is 4. The van der Waals surface area contributed by atoms with Crippen molar-refractivity contribution in [3.8, 4) is 0 Å². The molecule has 0 fully saturated rings. The minimum atomic E-state index is -0.346. The predicted molar refractivity (Wildman–Crippen MR) is 139 cm³/mol. The smallest absolute Gasteiger partial charge is 0.282 e. The van der Waals surface area contributed by atoms with Crippen LogP contribution in [-0.4, -0.2) is 11.8 Å². The molecule has 0 saturated heterocycles. The quantitative estimate of drug-likeness (QED) is 0.366. The molecule has 1 N–H and O–H groups in total. The van der Waals surface area contributed by atoms with Crippen LogP contribution in [0.4, 0.5) is 11.4 Å². The summed E-state index contributed by atoms with van der Waals surface area (Å²) in [6, 6.07) is 25.7. The largest absolute Gasteiger partial charge is 0.350 e. The summed E-state index contributed by atoms with van der Waals surface area (Å²) < 4.78 is 0. The minimum absolute atomic E-state index is 0.300. The van der Waals surface area contributed by atoms with Gasteiger partial charge in [-0.25, -0.2) is 4.90 Å². The van der Waals surface area contributed by atoms with Gasteiger partial charge in [0.2, 0.25) is 0 Å². The fraction of sp³-hybridized carbons (Fsp3) is 0.133. The van der Waals surface area contributed by atoms with Crippen LogP contribution in [0.2, 0.25) is 0 Å². The summed E-state index contributed by atoms with van der Waals surface area (Å²) in [5.41, 5.74) is 6.80. The van der Waals surface area contributed by atoms with E-state index in [0.29, 0.717) is 17.0 Å². The van der Waals surface area contributed by atoms with Gasteiger partial charge in [-0.2, -0.15) is 0 Å². The van der Waals surface area contributed by atoms with E-state index in [2.05, 4.69) is 5.32 Å². The Balaban J connectivity index is 1.71. The van der Waals surface area contributed by atoms with Crippen LogP contribution in [0.15, 0.2) is 84.6 Å². The molecule has 0 radical (unpaired) electrons. The van der Waals surface area contributed by atoms with Gasteiger partial charge in [0.1, 0.15) is 5.70 Å². The van der Waals surface area contributed by atoms with E-state index in [0.717, 1.165) is 44.3 Å². The van der Waals surface area contributed by atoms with Crippen LogP contribution in [0.25, 0.3) is 16.3 Å². The average Bonchev–Trinajstić information content (AvgIpc) is 3.05. The van der Waals surface area contributed by atoms with E-state index in [1.54, 1.807) is 0 Å². The number of aryl methyl sites for hydroxylation is 4. The highest BCUT2D eigenvalue weighted by Crippen LogP contribution is 2.37. The van der Waals surface area contributed by atoms with Crippen molar-refractivity contribution in [1.29, 1.82) is 0 Å². The summed E-state index contributed by atoms with van der Waals surface area (Å²) in [5.74, 6) is -0.657. The topological polar surface area (TPSA) is 49.4 Å². The van der Waals surface area contributed by atoms with E-state index in [4.69, 9.17) is 0 Å². The summed E-state index contributed by atoms with van der Waals surface area (Å²) in [5, 5.41) is 5.40. The fourth-order valence-electron chi connectivity index (χ4n) is 4.64. The number of carbonyl (C=O) groups is 2. The average molecular weight is 447 g/mol. The maximum atomic E-state index is 13.9. The van der Waals surface area contributed by atoms with Gasteiger partial charge in [-0.3, -0.25) is 9.59 Å². The highest BCUT2D eigenvalue weighted by molar-refractivity contribution is 6.46. The third-order valence-corrected chi connectivity index (χ3v) is 6.39. The van der Waals surface area contributed by atoms with E-state index >= 15 is 0 Å². The number of rotatable bonds is 4. The molecule has 0 bridgehead atoms. The molecule has 0 aromatic heterocycles.